The van der Waals surface area contributed by atoms with Crippen molar-refractivity contribution in [3.05, 3.63) is 12.2 Å². The average Bonchev–Trinajstić information content (AvgIpc) is 1.99. The maximum absolute atomic E-state index is 5.36. The molecule has 3 N–H and O–H groups in total. The molecule has 0 aliphatic rings. The summed E-state index contributed by atoms with van der Waals surface area (Å²) in [7, 11) is 0. The third-order valence-electron chi connectivity index (χ3n) is 1.58. The maximum atomic E-state index is 5.36. The van der Waals surface area contributed by atoms with Gasteiger partial charge in [0.1, 0.15) is 0 Å². The van der Waals surface area contributed by atoms with Crippen LogP contribution in [-0.2, 0) is 0 Å². The predicted molar refractivity (Wildman–Crippen MR) is 50.6 cm³/mol. The third kappa shape index (κ3) is 7.56. The van der Waals surface area contributed by atoms with Gasteiger partial charge >= 0.3 is 0 Å². The van der Waals surface area contributed by atoms with Gasteiger partial charge in [-0.2, -0.15) is 0 Å². The van der Waals surface area contributed by atoms with Crippen molar-refractivity contribution in [1.29, 1.82) is 0 Å². The van der Waals surface area contributed by atoms with Crippen LogP contribution in [0.2, 0.25) is 0 Å². The van der Waals surface area contributed by atoms with Crippen LogP contribution in [0.5, 0.6) is 0 Å². The molecular weight excluding hydrogens is 136 g/mol. The highest BCUT2D eigenvalue weighted by atomic mass is 14.9. The predicted octanol–water partition coefficient (Wildman–Crippen LogP) is 1.28. The summed E-state index contributed by atoms with van der Waals surface area (Å²) in [6, 6.07) is 0.498. The SMILES string of the molecule is C/C=C/C(C)NCCCCN. The Bertz CT molecular complexity index is 99.7. The van der Waals surface area contributed by atoms with Crippen molar-refractivity contribution in [3.63, 3.8) is 0 Å². The summed E-state index contributed by atoms with van der Waals surface area (Å²) in [5.41, 5.74) is 5.36. The molecule has 0 saturated carbocycles. The Hall–Kier alpha value is -0.340. The summed E-state index contributed by atoms with van der Waals surface area (Å²) >= 11 is 0. The first-order valence-corrected chi connectivity index (χ1v) is 4.37. The van der Waals surface area contributed by atoms with Gasteiger partial charge in [-0.05, 0) is 39.8 Å². The van der Waals surface area contributed by atoms with E-state index in [1.165, 1.54) is 6.42 Å². The monoisotopic (exact) mass is 156 g/mol. The zero-order chi connectivity index (χ0) is 8.53. The fraction of sp³-hybridized carbons (Fsp3) is 0.778. The Kier molecular flexibility index (Phi) is 7.52. The minimum Gasteiger partial charge on any atom is -0.330 e. The Morgan fingerprint density at radius 3 is 2.73 bits per heavy atom. The van der Waals surface area contributed by atoms with Crippen LogP contribution in [0.4, 0.5) is 0 Å². The van der Waals surface area contributed by atoms with Gasteiger partial charge in [0.2, 0.25) is 0 Å². The van der Waals surface area contributed by atoms with Gasteiger partial charge in [0.05, 0.1) is 0 Å². The zero-order valence-electron chi connectivity index (χ0n) is 7.64. The van der Waals surface area contributed by atoms with Crippen LogP contribution in [0, 0.1) is 0 Å². The van der Waals surface area contributed by atoms with Crippen LogP contribution >= 0.6 is 0 Å². The van der Waals surface area contributed by atoms with Crippen molar-refractivity contribution in [3.8, 4) is 0 Å². The molecule has 0 amide bonds. The lowest BCUT2D eigenvalue weighted by Gasteiger charge is -2.07. The second-order valence-corrected chi connectivity index (χ2v) is 2.76. The normalized spacial score (nSPS) is 14.1. The van der Waals surface area contributed by atoms with Crippen LogP contribution < -0.4 is 11.1 Å². The molecule has 0 saturated heterocycles. The Labute approximate surface area is 69.9 Å². The highest BCUT2D eigenvalue weighted by Crippen LogP contribution is 1.87. The first-order chi connectivity index (χ1) is 5.31. The van der Waals surface area contributed by atoms with Gasteiger partial charge in [0, 0.05) is 6.04 Å². The van der Waals surface area contributed by atoms with E-state index < -0.39 is 0 Å². The van der Waals surface area contributed by atoms with Crippen LogP contribution in [-0.4, -0.2) is 19.1 Å². The number of unbranched alkanes of at least 4 members (excludes halogenated alkanes) is 1. The van der Waals surface area contributed by atoms with E-state index >= 15 is 0 Å². The molecule has 66 valence electrons. The lowest BCUT2D eigenvalue weighted by atomic mass is 10.2. The molecule has 2 nitrogen and oxygen atoms in total. The van der Waals surface area contributed by atoms with Crippen LogP contribution in [0.3, 0.4) is 0 Å². The van der Waals surface area contributed by atoms with Gasteiger partial charge in [0.25, 0.3) is 0 Å². The highest BCUT2D eigenvalue weighted by molar-refractivity contribution is 4.87. The minimum atomic E-state index is 0.498. The topological polar surface area (TPSA) is 38.0 Å². The summed E-state index contributed by atoms with van der Waals surface area (Å²) in [5, 5.41) is 3.38. The lowest BCUT2D eigenvalue weighted by Crippen LogP contribution is -2.25. The van der Waals surface area contributed by atoms with Crippen LogP contribution in [0.1, 0.15) is 26.7 Å². The molecule has 0 fully saturated rings. The van der Waals surface area contributed by atoms with Gasteiger partial charge < -0.3 is 11.1 Å². The molecule has 0 aromatic carbocycles. The van der Waals surface area contributed by atoms with E-state index in [0.29, 0.717) is 6.04 Å². The Morgan fingerprint density at radius 1 is 1.45 bits per heavy atom. The molecule has 11 heavy (non-hydrogen) atoms. The van der Waals surface area contributed by atoms with Crippen molar-refractivity contribution in [2.75, 3.05) is 13.1 Å². The van der Waals surface area contributed by atoms with Gasteiger partial charge in [-0.1, -0.05) is 12.2 Å². The molecule has 2 heteroatoms. The first-order valence-electron chi connectivity index (χ1n) is 4.37. The second kappa shape index (κ2) is 7.76. The summed E-state index contributed by atoms with van der Waals surface area (Å²) < 4.78 is 0. The molecule has 1 unspecified atom stereocenters. The standard InChI is InChI=1S/C9H20N2/c1-3-6-9(2)11-8-5-4-7-10/h3,6,9,11H,4-5,7-8,10H2,1-2H3/b6-3+. The molecule has 0 rings (SSSR count). The van der Waals surface area contributed by atoms with E-state index in [9.17, 15) is 0 Å². The quantitative estimate of drug-likeness (QED) is 0.449. The van der Waals surface area contributed by atoms with Gasteiger partial charge in [0.15, 0.2) is 0 Å². The molecule has 0 aromatic rings. The second-order valence-electron chi connectivity index (χ2n) is 2.76. The molecule has 1 atom stereocenters. The number of allylic oxidation sites excluding steroid dienone is 1. The number of nitrogens with two attached hydrogens (primary N) is 1. The summed E-state index contributed by atoms with van der Waals surface area (Å²) in [4.78, 5) is 0. The Balaban J connectivity index is 3.10. The maximum Gasteiger partial charge on any atom is 0.0221 e. The van der Waals surface area contributed by atoms with E-state index in [0.717, 1.165) is 19.5 Å². The molecular formula is C9H20N2. The number of rotatable bonds is 6. The van der Waals surface area contributed by atoms with Gasteiger partial charge in [-0.25, -0.2) is 0 Å². The van der Waals surface area contributed by atoms with E-state index in [1.54, 1.807) is 0 Å². The molecule has 0 spiro atoms. The van der Waals surface area contributed by atoms with Gasteiger partial charge in [-0.15, -0.1) is 0 Å². The molecule has 0 aliphatic carbocycles. The van der Waals surface area contributed by atoms with E-state index in [2.05, 4.69) is 24.4 Å². The van der Waals surface area contributed by atoms with Gasteiger partial charge in [-0.3, -0.25) is 0 Å². The van der Waals surface area contributed by atoms with Crippen molar-refractivity contribution >= 4 is 0 Å². The molecule has 0 bridgehead atoms. The molecule has 0 heterocycles. The highest BCUT2D eigenvalue weighted by Gasteiger charge is 1.92. The fourth-order valence-electron chi connectivity index (χ4n) is 0.956. The first kappa shape index (κ1) is 10.7. The minimum absolute atomic E-state index is 0.498. The summed E-state index contributed by atoms with van der Waals surface area (Å²) in [6.07, 6.45) is 6.52. The van der Waals surface area contributed by atoms with Crippen LogP contribution in [0.15, 0.2) is 12.2 Å². The van der Waals surface area contributed by atoms with E-state index in [4.69, 9.17) is 5.73 Å². The van der Waals surface area contributed by atoms with Crippen molar-refractivity contribution in [1.82, 2.24) is 5.32 Å². The molecule has 0 aliphatic heterocycles. The van der Waals surface area contributed by atoms with Crippen molar-refractivity contribution < 1.29 is 0 Å². The van der Waals surface area contributed by atoms with E-state index in [-0.39, 0.29) is 0 Å². The smallest absolute Gasteiger partial charge is 0.0221 e. The van der Waals surface area contributed by atoms with Crippen molar-refractivity contribution in [2.24, 2.45) is 5.73 Å². The number of nitrogens with one attached hydrogen (secondary N) is 1. The number of hydrogen-bond donors (Lipinski definition) is 2. The van der Waals surface area contributed by atoms with E-state index in [1.807, 2.05) is 6.92 Å². The molecule has 0 aromatic heterocycles. The Morgan fingerprint density at radius 2 is 2.18 bits per heavy atom. The molecule has 0 radical (unpaired) electrons. The largest absolute Gasteiger partial charge is 0.330 e. The number of hydrogen-bond acceptors (Lipinski definition) is 2. The average molecular weight is 156 g/mol. The van der Waals surface area contributed by atoms with Crippen LogP contribution in [0.25, 0.3) is 0 Å². The fourth-order valence-corrected chi connectivity index (χ4v) is 0.956. The summed E-state index contributed by atoms with van der Waals surface area (Å²) in [6.45, 7) is 6.07. The summed E-state index contributed by atoms with van der Waals surface area (Å²) in [5.74, 6) is 0. The van der Waals surface area contributed by atoms with Crippen molar-refractivity contribution in [2.45, 2.75) is 32.7 Å². The zero-order valence-corrected chi connectivity index (χ0v) is 7.64. The third-order valence-corrected chi connectivity index (χ3v) is 1.58. The lowest BCUT2D eigenvalue weighted by molar-refractivity contribution is 0.591.